The number of halogens is 1. The molecule has 0 spiro atoms. The van der Waals surface area contributed by atoms with Crippen LogP contribution < -0.4 is 15.4 Å². The van der Waals surface area contributed by atoms with Crippen LogP contribution in [0.2, 0.25) is 0 Å². The lowest BCUT2D eigenvalue weighted by Crippen LogP contribution is -2.43. The summed E-state index contributed by atoms with van der Waals surface area (Å²) in [6, 6.07) is 4.05. The lowest BCUT2D eigenvalue weighted by molar-refractivity contribution is -0.118. The zero-order chi connectivity index (χ0) is 13.0. The second-order valence-corrected chi connectivity index (χ2v) is 4.34. The van der Waals surface area contributed by atoms with Crippen LogP contribution in [-0.2, 0) is 4.79 Å². The molecule has 0 aromatic heterocycles. The summed E-state index contributed by atoms with van der Waals surface area (Å²) in [5.74, 6) is -0.134. The highest BCUT2D eigenvalue weighted by Gasteiger charge is 2.21. The Balaban J connectivity index is 2.05. The summed E-state index contributed by atoms with van der Waals surface area (Å²) in [4.78, 5) is 11.9. The summed E-state index contributed by atoms with van der Waals surface area (Å²) in [7, 11) is 1.50. The van der Waals surface area contributed by atoms with E-state index < -0.39 is 5.82 Å². The minimum absolute atomic E-state index is 0.159. The number of rotatable bonds is 3. The van der Waals surface area contributed by atoms with Crippen molar-refractivity contribution < 1.29 is 13.9 Å². The van der Waals surface area contributed by atoms with E-state index in [1.54, 1.807) is 0 Å². The maximum absolute atomic E-state index is 13.5. The number of anilines is 1. The van der Waals surface area contributed by atoms with Crippen LogP contribution in [0, 0.1) is 5.82 Å². The van der Waals surface area contributed by atoms with E-state index in [1.807, 2.05) is 0 Å². The van der Waals surface area contributed by atoms with Crippen molar-refractivity contribution in [2.24, 2.45) is 0 Å². The number of piperidine rings is 1. The monoisotopic (exact) mass is 252 g/mol. The van der Waals surface area contributed by atoms with E-state index in [1.165, 1.54) is 25.3 Å². The third-order valence-corrected chi connectivity index (χ3v) is 3.06. The first kappa shape index (κ1) is 12.8. The van der Waals surface area contributed by atoms with Gasteiger partial charge in [0.1, 0.15) is 11.6 Å². The third kappa shape index (κ3) is 2.98. The molecule has 4 nitrogen and oxygen atoms in total. The Labute approximate surface area is 106 Å². The van der Waals surface area contributed by atoms with E-state index in [4.69, 9.17) is 4.74 Å². The first-order valence-electron chi connectivity index (χ1n) is 6.08. The van der Waals surface area contributed by atoms with Crippen molar-refractivity contribution in [1.29, 1.82) is 0 Å². The molecular formula is C13H17FN2O2. The number of ether oxygens (including phenoxy) is 1. The average Bonchev–Trinajstić information content (AvgIpc) is 2.42. The smallest absolute Gasteiger partial charge is 0.241 e. The van der Waals surface area contributed by atoms with Crippen LogP contribution >= 0.6 is 0 Å². The van der Waals surface area contributed by atoms with Crippen LogP contribution in [0.25, 0.3) is 0 Å². The number of benzene rings is 1. The predicted molar refractivity (Wildman–Crippen MR) is 67.2 cm³/mol. The molecular weight excluding hydrogens is 235 g/mol. The highest BCUT2D eigenvalue weighted by molar-refractivity contribution is 5.95. The van der Waals surface area contributed by atoms with Gasteiger partial charge in [-0.1, -0.05) is 6.42 Å². The SMILES string of the molecule is COc1ccc(F)c(NC(=O)[C@@H]2CCCCN2)c1. The standard InChI is InChI=1S/C13H17FN2O2/c1-18-9-5-6-10(14)12(8-9)16-13(17)11-4-2-3-7-15-11/h5-6,8,11,15H,2-4,7H2,1H3,(H,16,17)/t11-/m0/s1. The molecule has 98 valence electrons. The molecule has 1 amide bonds. The van der Waals surface area contributed by atoms with Crippen LogP contribution in [0.3, 0.4) is 0 Å². The van der Waals surface area contributed by atoms with Crippen molar-refractivity contribution >= 4 is 11.6 Å². The fourth-order valence-corrected chi connectivity index (χ4v) is 2.02. The fraction of sp³-hybridized carbons (Fsp3) is 0.462. The maximum Gasteiger partial charge on any atom is 0.241 e. The van der Waals surface area contributed by atoms with Crippen LogP contribution in [0.1, 0.15) is 19.3 Å². The number of carbonyl (C=O) groups excluding carboxylic acids is 1. The Morgan fingerprint density at radius 2 is 2.33 bits per heavy atom. The number of methoxy groups -OCH3 is 1. The van der Waals surface area contributed by atoms with Crippen molar-refractivity contribution in [2.45, 2.75) is 25.3 Å². The summed E-state index contributed by atoms with van der Waals surface area (Å²) in [6.45, 7) is 0.832. The van der Waals surface area contributed by atoms with Crippen molar-refractivity contribution in [3.63, 3.8) is 0 Å². The summed E-state index contributed by atoms with van der Waals surface area (Å²) >= 11 is 0. The fourth-order valence-electron chi connectivity index (χ4n) is 2.02. The second kappa shape index (κ2) is 5.82. The zero-order valence-electron chi connectivity index (χ0n) is 10.3. The lowest BCUT2D eigenvalue weighted by atomic mass is 10.0. The Bertz CT molecular complexity index is 431. The van der Waals surface area contributed by atoms with Gasteiger partial charge in [0.05, 0.1) is 18.8 Å². The van der Waals surface area contributed by atoms with Gasteiger partial charge in [0.25, 0.3) is 0 Å². The lowest BCUT2D eigenvalue weighted by Gasteiger charge is -2.22. The van der Waals surface area contributed by atoms with Crippen molar-refractivity contribution in [3.05, 3.63) is 24.0 Å². The summed E-state index contributed by atoms with van der Waals surface area (Å²) < 4.78 is 18.5. The van der Waals surface area contributed by atoms with Crippen molar-refractivity contribution in [2.75, 3.05) is 19.0 Å². The van der Waals surface area contributed by atoms with E-state index in [-0.39, 0.29) is 17.6 Å². The van der Waals surface area contributed by atoms with Crippen molar-refractivity contribution in [3.8, 4) is 5.75 Å². The number of carbonyl (C=O) groups is 1. The molecule has 0 radical (unpaired) electrons. The van der Waals surface area contributed by atoms with E-state index in [9.17, 15) is 9.18 Å². The van der Waals surface area contributed by atoms with E-state index in [0.29, 0.717) is 5.75 Å². The normalized spacial score (nSPS) is 19.3. The first-order valence-corrected chi connectivity index (χ1v) is 6.08. The van der Waals surface area contributed by atoms with Gasteiger partial charge in [0, 0.05) is 6.07 Å². The molecule has 18 heavy (non-hydrogen) atoms. The number of hydrogen-bond acceptors (Lipinski definition) is 3. The molecule has 1 saturated heterocycles. The minimum Gasteiger partial charge on any atom is -0.497 e. The number of nitrogens with one attached hydrogen (secondary N) is 2. The minimum atomic E-state index is -0.458. The Morgan fingerprint density at radius 3 is 3.00 bits per heavy atom. The second-order valence-electron chi connectivity index (χ2n) is 4.34. The molecule has 5 heteroatoms. The molecule has 1 aromatic carbocycles. The molecule has 1 fully saturated rings. The maximum atomic E-state index is 13.5. The number of hydrogen-bond donors (Lipinski definition) is 2. The van der Waals surface area contributed by atoms with Gasteiger partial charge in [0.2, 0.25) is 5.91 Å². The van der Waals surface area contributed by atoms with E-state index in [0.717, 1.165) is 25.8 Å². The van der Waals surface area contributed by atoms with Gasteiger partial charge in [-0.05, 0) is 31.5 Å². The Kier molecular flexibility index (Phi) is 4.15. The predicted octanol–water partition coefficient (Wildman–Crippen LogP) is 1.91. The highest BCUT2D eigenvalue weighted by atomic mass is 19.1. The van der Waals surface area contributed by atoms with Gasteiger partial charge in [-0.15, -0.1) is 0 Å². The molecule has 1 heterocycles. The molecule has 1 atom stereocenters. The molecule has 2 N–H and O–H groups in total. The molecule has 1 aromatic rings. The van der Waals surface area contributed by atoms with Crippen LogP contribution in [0.5, 0.6) is 5.75 Å². The van der Waals surface area contributed by atoms with E-state index >= 15 is 0 Å². The average molecular weight is 252 g/mol. The van der Waals surface area contributed by atoms with Gasteiger partial charge in [0.15, 0.2) is 0 Å². The third-order valence-electron chi connectivity index (χ3n) is 3.06. The van der Waals surface area contributed by atoms with E-state index in [2.05, 4.69) is 10.6 Å². The number of amides is 1. The molecule has 0 saturated carbocycles. The summed E-state index contributed by atoms with van der Waals surface area (Å²) in [5.41, 5.74) is 0.159. The van der Waals surface area contributed by atoms with Gasteiger partial charge in [-0.2, -0.15) is 0 Å². The van der Waals surface area contributed by atoms with Crippen LogP contribution in [0.15, 0.2) is 18.2 Å². The van der Waals surface area contributed by atoms with Gasteiger partial charge >= 0.3 is 0 Å². The topological polar surface area (TPSA) is 50.4 Å². The molecule has 1 aliphatic rings. The quantitative estimate of drug-likeness (QED) is 0.864. The largest absolute Gasteiger partial charge is 0.497 e. The molecule has 0 unspecified atom stereocenters. The first-order chi connectivity index (χ1) is 8.70. The molecule has 2 rings (SSSR count). The molecule has 1 aliphatic heterocycles. The van der Waals surface area contributed by atoms with Gasteiger partial charge < -0.3 is 15.4 Å². The van der Waals surface area contributed by atoms with Gasteiger partial charge in [-0.25, -0.2) is 4.39 Å². The Hall–Kier alpha value is -1.62. The van der Waals surface area contributed by atoms with Crippen LogP contribution in [0.4, 0.5) is 10.1 Å². The molecule has 0 bridgehead atoms. The zero-order valence-corrected chi connectivity index (χ0v) is 10.3. The highest BCUT2D eigenvalue weighted by Crippen LogP contribution is 2.21. The van der Waals surface area contributed by atoms with Crippen molar-refractivity contribution in [1.82, 2.24) is 5.32 Å². The van der Waals surface area contributed by atoms with Crippen LogP contribution in [-0.4, -0.2) is 25.6 Å². The Morgan fingerprint density at radius 1 is 1.50 bits per heavy atom. The van der Waals surface area contributed by atoms with Gasteiger partial charge in [-0.3, -0.25) is 4.79 Å². The summed E-state index contributed by atoms with van der Waals surface area (Å²) in [6.07, 6.45) is 2.89. The molecule has 0 aliphatic carbocycles. The summed E-state index contributed by atoms with van der Waals surface area (Å²) in [5, 5.41) is 5.72.